The molecular formula is C17H20BrClN2O4S. The molecule has 0 heterocycles. The number of sulfonamides is 1. The summed E-state index contributed by atoms with van der Waals surface area (Å²) < 4.78 is 37.5. The molecule has 0 saturated heterocycles. The maximum absolute atomic E-state index is 12.3. The topological polar surface area (TPSA) is 67.9 Å². The van der Waals surface area contributed by atoms with E-state index in [-0.39, 0.29) is 4.90 Å². The lowest BCUT2D eigenvalue weighted by Gasteiger charge is -2.16. The highest BCUT2D eigenvalue weighted by atomic mass is 79.9. The van der Waals surface area contributed by atoms with Gasteiger partial charge in [-0.3, -0.25) is 0 Å². The predicted octanol–water partition coefficient (Wildman–Crippen LogP) is 3.85. The molecule has 1 N–H and O–H groups in total. The summed E-state index contributed by atoms with van der Waals surface area (Å²) >= 11 is 9.29. The van der Waals surface area contributed by atoms with E-state index < -0.39 is 10.0 Å². The molecule has 0 aliphatic heterocycles. The van der Waals surface area contributed by atoms with Crippen LogP contribution in [0, 0.1) is 0 Å². The fraction of sp³-hybridized carbons (Fsp3) is 0.294. The third kappa shape index (κ3) is 5.03. The predicted molar refractivity (Wildman–Crippen MR) is 107 cm³/mol. The molecule has 0 spiro atoms. The SMILES string of the molecule is COc1ccc(S(=O)(=O)N(C)C)cc1NCCOc1ccc(Cl)cc1Br. The van der Waals surface area contributed by atoms with Crippen molar-refractivity contribution in [1.82, 2.24) is 4.31 Å². The average Bonchev–Trinajstić information content (AvgIpc) is 2.59. The third-order valence-electron chi connectivity index (χ3n) is 3.52. The fourth-order valence-corrected chi connectivity index (χ4v) is 3.86. The van der Waals surface area contributed by atoms with E-state index in [1.807, 2.05) is 0 Å². The van der Waals surface area contributed by atoms with Crippen molar-refractivity contribution in [2.24, 2.45) is 0 Å². The van der Waals surface area contributed by atoms with Crippen LogP contribution >= 0.6 is 27.5 Å². The quantitative estimate of drug-likeness (QED) is 0.602. The normalized spacial score (nSPS) is 11.5. The first kappa shape index (κ1) is 20.8. The lowest BCUT2D eigenvalue weighted by molar-refractivity contribution is 0.330. The summed E-state index contributed by atoms with van der Waals surface area (Å²) in [4.78, 5) is 0.187. The largest absolute Gasteiger partial charge is 0.495 e. The van der Waals surface area contributed by atoms with Gasteiger partial charge < -0.3 is 14.8 Å². The lowest BCUT2D eigenvalue weighted by Crippen LogP contribution is -2.22. The number of hydrogen-bond donors (Lipinski definition) is 1. The van der Waals surface area contributed by atoms with Crippen LogP contribution in [0.15, 0.2) is 45.8 Å². The second kappa shape index (κ2) is 8.94. The van der Waals surface area contributed by atoms with Gasteiger partial charge in [-0.15, -0.1) is 0 Å². The summed E-state index contributed by atoms with van der Waals surface area (Å²) in [6.07, 6.45) is 0. The van der Waals surface area contributed by atoms with Crippen LogP contribution in [0.3, 0.4) is 0 Å². The van der Waals surface area contributed by atoms with Crippen LogP contribution < -0.4 is 14.8 Å². The molecule has 0 bridgehead atoms. The van der Waals surface area contributed by atoms with Crippen molar-refractivity contribution in [2.45, 2.75) is 4.90 Å². The minimum Gasteiger partial charge on any atom is -0.495 e. The Labute approximate surface area is 167 Å². The van der Waals surface area contributed by atoms with E-state index in [1.165, 1.54) is 31.6 Å². The molecule has 0 saturated carbocycles. The van der Waals surface area contributed by atoms with Gasteiger partial charge in [-0.1, -0.05) is 11.6 Å². The molecule has 0 amide bonds. The van der Waals surface area contributed by atoms with Crippen molar-refractivity contribution in [3.63, 3.8) is 0 Å². The van der Waals surface area contributed by atoms with Crippen LogP contribution in [0.5, 0.6) is 11.5 Å². The maximum Gasteiger partial charge on any atom is 0.242 e. The van der Waals surface area contributed by atoms with Gasteiger partial charge in [0.05, 0.1) is 22.2 Å². The monoisotopic (exact) mass is 462 g/mol. The molecule has 6 nitrogen and oxygen atoms in total. The number of nitrogens with one attached hydrogen (secondary N) is 1. The smallest absolute Gasteiger partial charge is 0.242 e. The van der Waals surface area contributed by atoms with E-state index in [9.17, 15) is 8.42 Å². The molecular weight excluding hydrogens is 444 g/mol. The first-order valence-electron chi connectivity index (χ1n) is 7.68. The van der Waals surface area contributed by atoms with E-state index in [4.69, 9.17) is 21.1 Å². The number of rotatable bonds is 8. The summed E-state index contributed by atoms with van der Waals surface area (Å²) in [5.41, 5.74) is 0.578. The third-order valence-corrected chi connectivity index (χ3v) is 6.18. The molecule has 2 rings (SSSR count). The van der Waals surface area contributed by atoms with E-state index >= 15 is 0 Å². The first-order valence-corrected chi connectivity index (χ1v) is 10.3. The van der Waals surface area contributed by atoms with Crippen LogP contribution in [0.1, 0.15) is 0 Å². The van der Waals surface area contributed by atoms with E-state index in [2.05, 4.69) is 21.2 Å². The van der Waals surface area contributed by atoms with Crippen molar-refractivity contribution in [1.29, 1.82) is 0 Å². The van der Waals surface area contributed by atoms with E-state index in [0.717, 1.165) is 4.47 Å². The molecule has 0 fully saturated rings. The summed E-state index contributed by atoms with van der Waals surface area (Å²) in [7, 11) is 0.991. The van der Waals surface area contributed by atoms with E-state index in [0.29, 0.717) is 35.4 Å². The Hall–Kier alpha value is -1.48. The Kier molecular flexibility index (Phi) is 7.16. The van der Waals surface area contributed by atoms with Gasteiger partial charge in [0.1, 0.15) is 18.1 Å². The average molecular weight is 464 g/mol. The van der Waals surface area contributed by atoms with Crippen molar-refractivity contribution >= 4 is 43.2 Å². The fourth-order valence-electron chi connectivity index (χ4n) is 2.14. The molecule has 2 aromatic carbocycles. The molecule has 0 aliphatic carbocycles. The molecule has 0 unspecified atom stereocenters. The van der Waals surface area contributed by atoms with Gasteiger partial charge in [0.2, 0.25) is 10.0 Å². The van der Waals surface area contributed by atoms with Crippen LogP contribution in [0.4, 0.5) is 5.69 Å². The van der Waals surface area contributed by atoms with Crippen LogP contribution in [0.25, 0.3) is 0 Å². The van der Waals surface area contributed by atoms with Crippen LogP contribution in [-0.4, -0.2) is 47.1 Å². The Morgan fingerprint density at radius 1 is 1.15 bits per heavy atom. The van der Waals surface area contributed by atoms with Gasteiger partial charge in [0, 0.05) is 25.7 Å². The first-order chi connectivity index (χ1) is 12.3. The second-order valence-electron chi connectivity index (χ2n) is 5.50. The zero-order valence-corrected chi connectivity index (χ0v) is 17.8. The molecule has 0 atom stereocenters. The highest BCUT2D eigenvalue weighted by Gasteiger charge is 2.19. The number of nitrogens with zero attached hydrogens (tertiary/aromatic N) is 1. The van der Waals surface area contributed by atoms with Crippen molar-refractivity contribution < 1.29 is 17.9 Å². The maximum atomic E-state index is 12.3. The lowest BCUT2D eigenvalue weighted by atomic mass is 10.3. The zero-order chi connectivity index (χ0) is 19.3. The Morgan fingerprint density at radius 3 is 2.46 bits per heavy atom. The molecule has 142 valence electrons. The molecule has 0 aromatic heterocycles. The molecule has 0 aliphatic rings. The molecule has 0 radical (unpaired) electrons. The number of benzene rings is 2. The van der Waals surface area contributed by atoms with Gasteiger partial charge in [-0.2, -0.15) is 0 Å². The Balaban J connectivity index is 2.06. The number of halogens is 2. The number of hydrogen-bond acceptors (Lipinski definition) is 5. The van der Waals surface area contributed by atoms with Crippen molar-refractivity contribution in [3.8, 4) is 11.5 Å². The molecule has 2 aromatic rings. The zero-order valence-electron chi connectivity index (χ0n) is 14.6. The standard InChI is InChI=1S/C17H20BrClN2O4S/c1-21(2)26(22,23)13-5-7-17(24-3)15(11-13)20-8-9-25-16-6-4-12(19)10-14(16)18/h4-7,10-11,20H,8-9H2,1-3H3. The van der Waals surface area contributed by atoms with Crippen molar-refractivity contribution in [3.05, 3.63) is 45.9 Å². The second-order valence-corrected chi connectivity index (χ2v) is 8.94. The summed E-state index contributed by atoms with van der Waals surface area (Å²) in [6.45, 7) is 0.824. The minimum atomic E-state index is -3.52. The summed E-state index contributed by atoms with van der Waals surface area (Å²) in [5, 5.41) is 3.76. The van der Waals surface area contributed by atoms with Crippen molar-refractivity contribution in [2.75, 3.05) is 39.7 Å². The summed E-state index contributed by atoms with van der Waals surface area (Å²) in [5.74, 6) is 1.22. The Morgan fingerprint density at radius 2 is 1.85 bits per heavy atom. The van der Waals surface area contributed by atoms with Gasteiger partial charge in [0.25, 0.3) is 0 Å². The van der Waals surface area contributed by atoms with E-state index in [1.54, 1.807) is 30.3 Å². The molecule has 9 heteroatoms. The summed E-state index contributed by atoms with van der Waals surface area (Å²) in [6, 6.07) is 9.95. The van der Waals surface area contributed by atoms with Crippen LogP contribution in [0.2, 0.25) is 5.02 Å². The van der Waals surface area contributed by atoms with Crippen LogP contribution in [-0.2, 0) is 10.0 Å². The van der Waals surface area contributed by atoms with Gasteiger partial charge in [-0.25, -0.2) is 12.7 Å². The molecule has 26 heavy (non-hydrogen) atoms. The highest BCUT2D eigenvalue weighted by molar-refractivity contribution is 9.10. The Bertz CT molecular complexity index is 875. The minimum absolute atomic E-state index is 0.187. The van der Waals surface area contributed by atoms with Gasteiger partial charge in [0.15, 0.2) is 0 Å². The highest BCUT2D eigenvalue weighted by Crippen LogP contribution is 2.29. The number of ether oxygens (including phenoxy) is 2. The van der Waals surface area contributed by atoms with Gasteiger partial charge in [-0.05, 0) is 52.3 Å². The number of methoxy groups -OCH3 is 1. The van der Waals surface area contributed by atoms with Gasteiger partial charge >= 0.3 is 0 Å². The number of anilines is 1.